The van der Waals surface area contributed by atoms with Gasteiger partial charge in [0.2, 0.25) is 0 Å². The molecule has 0 saturated carbocycles. The number of benzene rings is 3. The van der Waals surface area contributed by atoms with Crippen LogP contribution >= 0.6 is 0 Å². The third-order valence-electron chi connectivity index (χ3n) is 5.13. The first-order chi connectivity index (χ1) is 13.3. The second-order valence-electron chi connectivity index (χ2n) is 6.92. The highest BCUT2D eigenvalue weighted by atomic mass is 16.5. The molecular formula is C24H23NO2. The van der Waals surface area contributed by atoms with Crippen molar-refractivity contribution in [2.24, 2.45) is 5.92 Å². The minimum atomic E-state index is -0.215. The first kappa shape index (κ1) is 17.3. The standard InChI is InChI=1S/C24H23NO2/c26-24-21(16-17-22(27-24)18-10-4-1-5-11-18)23(19-12-6-2-7-13-19)25-20-14-8-3-9-15-20/h1-15,21-23,25H,16-17H2/t21-,22-,23-/m1/s1. The van der Waals surface area contributed by atoms with Crippen molar-refractivity contribution in [3.8, 4) is 0 Å². The fraction of sp³-hybridized carbons (Fsp3) is 0.208. The Kier molecular flexibility index (Phi) is 5.20. The van der Waals surface area contributed by atoms with Crippen LogP contribution in [0.5, 0.6) is 0 Å². The monoisotopic (exact) mass is 357 g/mol. The molecule has 0 amide bonds. The van der Waals surface area contributed by atoms with E-state index in [-0.39, 0.29) is 24.0 Å². The summed E-state index contributed by atoms with van der Waals surface area (Å²) >= 11 is 0. The van der Waals surface area contributed by atoms with E-state index in [2.05, 4.69) is 17.4 Å². The summed E-state index contributed by atoms with van der Waals surface area (Å²) in [5.41, 5.74) is 3.17. The molecule has 27 heavy (non-hydrogen) atoms. The summed E-state index contributed by atoms with van der Waals surface area (Å²) in [6.07, 6.45) is 1.47. The molecule has 0 spiro atoms. The highest BCUT2D eigenvalue weighted by Gasteiger charge is 2.37. The summed E-state index contributed by atoms with van der Waals surface area (Å²) in [5, 5.41) is 3.55. The van der Waals surface area contributed by atoms with Gasteiger partial charge in [-0.1, -0.05) is 78.9 Å². The van der Waals surface area contributed by atoms with Crippen molar-refractivity contribution in [2.75, 3.05) is 5.32 Å². The highest BCUT2D eigenvalue weighted by Crippen LogP contribution is 2.38. The zero-order chi connectivity index (χ0) is 18.5. The molecule has 0 aliphatic carbocycles. The van der Waals surface area contributed by atoms with E-state index in [9.17, 15) is 4.79 Å². The number of anilines is 1. The van der Waals surface area contributed by atoms with Crippen LogP contribution in [0.3, 0.4) is 0 Å². The van der Waals surface area contributed by atoms with Gasteiger partial charge in [0.15, 0.2) is 0 Å². The number of para-hydroxylation sites is 1. The summed E-state index contributed by atoms with van der Waals surface area (Å²) in [7, 11) is 0. The average Bonchev–Trinajstić information content (AvgIpc) is 2.74. The number of carbonyl (C=O) groups is 1. The first-order valence-corrected chi connectivity index (χ1v) is 9.43. The summed E-state index contributed by atoms with van der Waals surface area (Å²) in [4.78, 5) is 12.9. The van der Waals surface area contributed by atoms with Gasteiger partial charge in [0.05, 0.1) is 12.0 Å². The summed E-state index contributed by atoms with van der Waals surface area (Å²) < 4.78 is 5.85. The zero-order valence-electron chi connectivity index (χ0n) is 15.1. The molecule has 3 heteroatoms. The Morgan fingerprint density at radius 3 is 2.00 bits per heavy atom. The predicted octanol–water partition coefficient (Wildman–Crippen LogP) is 5.53. The Morgan fingerprint density at radius 2 is 1.37 bits per heavy atom. The Morgan fingerprint density at radius 1 is 0.778 bits per heavy atom. The number of cyclic esters (lactones) is 1. The van der Waals surface area contributed by atoms with E-state index in [0.717, 1.165) is 29.7 Å². The molecule has 4 rings (SSSR count). The molecule has 0 aromatic heterocycles. The van der Waals surface area contributed by atoms with Crippen LogP contribution in [-0.2, 0) is 9.53 Å². The van der Waals surface area contributed by atoms with Gasteiger partial charge in [-0.05, 0) is 36.1 Å². The predicted molar refractivity (Wildman–Crippen MR) is 107 cm³/mol. The maximum Gasteiger partial charge on any atom is 0.311 e. The second-order valence-corrected chi connectivity index (χ2v) is 6.92. The van der Waals surface area contributed by atoms with Crippen molar-refractivity contribution in [2.45, 2.75) is 25.0 Å². The quantitative estimate of drug-likeness (QED) is 0.610. The smallest absolute Gasteiger partial charge is 0.311 e. The summed E-state index contributed by atoms with van der Waals surface area (Å²) in [6, 6.07) is 30.1. The number of hydrogen-bond acceptors (Lipinski definition) is 3. The molecule has 1 heterocycles. The van der Waals surface area contributed by atoms with Crippen LogP contribution < -0.4 is 5.32 Å². The molecule has 3 atom stereocenters. The Labute approximate surface area is 160 Å². The van der Waals surface area contributed by atoms with Gasteiger partial charge in [-0.15, -0.1) is 0 Å². The molecule has 3 nitrogen and oxygen atoms in total. The van der Waals surface area contributed by atoms with E-state index in [0.29, 0.717) is 0 Å². The van der Waals surface area contributed by atoms with Crippen LogP contribution in [0.25, 0.3) is 0 Å². The molecular weight excluding hydrogens is 334 g/mol. The molecule has 1 saturated heterocycles. The lowest BCUT2D eigenvalue weighted by Gasteiger charge is -2.34. The normalized spacial score (nSPS) is 20.5. The van der Waals surface area contributed by atoms with E-state index >= 15 is 0 Å². The number of hydrogen-bond donors (Lipinski definition) is 1. The maximum absolute atomic E-state index is 12.9. The van der Waals surface area contributed by atoms with Gasteiger partial charge in [0.25, 0.3) is 0 Å². The molecule has 136 valence electrons. The number of esters is 1. The van der Waals surface area contributed by atoms with Crippen molar-refractivity contribution in [1.82, 2.24) is 0 Å². The SMILES string of the molecule is O=C1O[C@@H](c2ccccc2)CC[C@@H]1[C@H](Nc1ccccc1)c1ccccc1. The second kappa shape index (κ2) is 8.09. The maximum atomic E-state index is 12.9. The average molecular weight is 357 g/mol. The topological polar surface area (TPSA) is 38.3 Å². The summed E-state index contributed by atoms with van der Waals surface area (Å²) in [5.74, 6) is -0.347. The number of nitrogens with one attached hydrogen (secondary N) is 1. The largest absolute Gasteiger partial charge is 0.457 e. The molecule has 1 aliphatic rings. The van der Waals surface area contributed by atoms with Crippen LogP contribution in [0.15, 0.2) is 91.0 Å². The van der Waals surface area contributed by atoms with E-state index < -0.39 is 0 Å². The van der Waals surface area contributed by atoms with Gasteiger partial charge < -0.3 is 10.1 Å². The van der Waals surface area contributed by atoms with Gasteiger partial charge in [-0.3, -0.25) is 4.79 Å². The van der Waals surface area contributed by atoms with E-state index in [1.54, 1.807) is 0 Å². The molecule has 3 aromatic carbocycles. The van der Waals surface area contributed by atoms with Crippen LogP contribution in [0.2, 0.25) is 0 Å². The number of rotatable bonds is 5. The lowest BCUT2D eigenvalue weighted by molar-refractivity contribution is -0.161. The summed E-state index contributed by atoms with van der Waals surface area (Å²) in [6.45, 7) is 0. The lowest BCUT2D eigenvalue weighted by atomic mass is 9.85. The highest BCUT2D eigenvalue weighted by molar-refractivity contribution is 5.75. The van der Waals surface area contributed by atoms with Crippen LogP contribution in [0, 0.1) is 5.92 Å². The van der Waals surface area contributed by atoms with Crippen LogP contribution in [0.1, 0.15) is 36.1 Å². The zero-order valence-corrected chi connectivity index (χ0v) is 15.1. The fourth-order valence-corrected chi connectivity index (χ4v) is 3.73. The van der Waals surface area contributed by atoms with Crippen molar-refractivity contribution < 1.29 is 9.53 Å². The Balaban J connectivity index is 1.56. The van der Waals surface area contributed by atoms with Crippen molar-refractivity contribution in [1.29, 1.82) is 0 Å². The van der Waals surface area contributed by atoms with Gasteiger partial charge >= 0.3 is 5.97 Å². The van der Waals surface area contributed by atoms with Crippen LogP contribution in [-0.4, -0.2) is 5.97 Å². The molecule has 3 aromatic rings. The molecule has 1 fully saturated rings. The van der Waals surface area contributed by atoms with E-state index in [1.165, 1.54) is 0 Å². The van der Waals surface area contributed by atoms with E-state index in [4.69, 9.17) is 4.74 Å². The van der Waals surface area contributed by atoms with Crippen LogP contribution in [0.4, 0.5) is 5.69 Å². The van der Waals surface area contributed by atoms with E-state index in [1.807, 2.05) is 78.9 Å². The van der Waals surface area contributed by atoms with Crippen molar-refractivity contribution in [3.05, 3.63) is 102 Å². The molecule has 1 aliphatic heterocycles. The van der Waals surface area contributed by atoms with Gasteiger partial charge in [0.1, 0.15) is 6.10 Å². The molecule has 0 unspecified atom stereocenters. The Hall–Kier alpha value is -3.07. The molecule has 1 N–H and O–H groups in total. The number of ether oxygens (including phenoxy) is 1. The van der Waals surface area contributed by atoms with Gasteiger partial charge in [0, 0.05) is 5.69 Å². The van der Waals surface area contributed by atoms with Gasteiger partial charge in [-0.25, -0.2) is 0 Å². The lowest BCUT2D eigenvalue weighted by Crippen LogP contribution is -2.34. The molecule has 0 radical (unpaired) electrons. The van der Waals surface area contributed by atoms with Gasteiger partial charge in [-0.2, -0.15) is 0 Å². The Bertz CT molecular complexity index is 865. The minimum Gasteiger partial charge on any atom is -0.457 e. The van der Waals surface area contributed by atoms with Crippen molar-refractivity contribution in [3.63, 3.8) is 0 Å². The third-order valence-corrected chi connectivity index (χ3v) is 5.13. The minimum absolute atomic E-state index is 0.113. The molecule has 0 bridgehead atoms. The van der Waals surface area contributed by atoms with Crippen molar-refractivity contribution >= 4 is 11.7 Å². The first-order valence-electron chi connectivity index (χ1n) is 9.43. The third kappa shape index (κ3) is 4.03. The fourth-order valence-electron chi connectivity index (χ4n) is 3.73. The number of carbonyl (C=O) groups excluding carboxylic acids is 1.